The number of hydrogen-bond donors (Lipinski definition) is 1. The fourth-order valence-corrected chi connectivity index (χ4v) is 2.26. The van der Waals surface area contributed by atoms with E-state index in [2.05, 4.69) is 14.9 Å². The van der Waals surface area contributed by atoms with Crippen molar-refractivity contribution >= 4 is 17.5 Å². The predicted molar refractivity (Wildman–Crippen MR) is 65.8 cm³/mol. The summed E-state index contributed by atoms with van der Waals surface area (Å²) in [5, 5.41) is 0.517. The van der Waals surface area contributed by atoms with Gasteiger partial charge in [-0.1, -0.05) is 11.6 Å². The third kappa shape index (κ3) is 2.62. The van der Waals surface area contributed by atoms with Crippen LogP contribution in [0.4, 0.5) is 5.95 Å². The molecule has 5 heteroatoms. The first kappa shape index (κ1) is 11.6. The van der Waals surface area contributed by atoms with Gasteiger partial charge in [-0.3, -0.25) is 0 Å². The van der Waals surface area contributed by atoms with E-state index < -0.39 is 0 Å². The van der Waals surface area contributed by atoms with E-state index in [0.29, 0.717) is 11.1 Å². The Morgan fingerprint density at radius 1 is 1.44 bits per heavy atom. The van der Waals surface area contributed by atoms with Crippen LogP contribution in [0.2, 0.25) is 5.15 Å². The molecule has 0 radical (unpaired) electrons. The molecule has 2 rings (SSSR count). The molecular formula is C11H17ClN4. The number of nitrogens with zero attached hydrogens (tertiary/aromatic N) is 3. The second-order valence-electron chi connectivity index (χ2n) is 4.30. The summed E-state index contributed by atoms with van der Waals surface area (Å²) < 4.78 is 0. The average Bonchev–Trinajstić information content (AvgIpc) is 2.28. The van der Waals surface area contributed by atoms with Crippen molar-refractivity contribution in [3.8, 4) is 0 Å². The summed E-state index contributed by atoms with van der Waals surface area (Å²) in [4.78, 5) is 10.9. The quantitative estimate of drug-likeness (QED) is 0.799. The van der Waals surface area contributed by atoms with Crippen LogP contribution in [0.3, 0.4) is 0 Å². The van der Waals surface area contributed by atoms with Crippen LogP contribution in [-0.4, -0.2) is 29.6 Å². The van der Waals surface area contributed by atoms with Gasteiger partial charge in [-0.05, 0) is 38.3 Å². The van der Waals surface area contributed by atoms with Crippen LogP contribution in [-0.2, 0) is 0 Å². The molecule has 16 heavy (non-hydrogen) atoms. The Balaban J connectivity index is 2.08. The zero-order chi connectivity index (χ0) is 11.5. The van der Waals surface area contributed by atoms with Crippen LogP contribution >= 0.6 is 11.6 Å². The Hall–Kier alpha value is -0.870. The largest absolute Gasteiger partial charge is 0.341 e. The average molecular weight is 241 g/mol. The van der Waals surface area contributed by atoms with E-state index in [1.54, 1.807) is 6.07 Å². The fraction of sp³-hybridized carbons (Fsp3) is 0.636. The molecule has 0 amide bonds. The maximum atomic E-state index is 5.93. The van der Waals surface area contributed by atoms with Crippen molar-refractivity contribution in [1.82, 2.24) is 9.97 Å². The van der Waals surface area contributed by atoms with Crippen molar-refractivity contribution in [2.75, 3.05) is 24.5 Å². The first-order valence-electron chi connectivity index (χ1n) is 5.65. The van der Waals surface area contributed by atoms with Gasteiger partial charge in [0.2, 0.25) is 5.95 Å². The SMILES string of the molecule is Cc1cc(Cl)nc(N2CCC(CN)CC2)n1. The van der Waals surface area contributed by atoms with E-state index in [4.69, 9.17) is 17.3 Å². The number of halogens is 1. The van der Waals surface area contributed by atoms with Gasteiger partial charge < -0.3 is 10.6 Å². The lowest BCUT2D eigenvalue weighted by Crippen LogP contribution is -2.37. The molecule has 1 aliphatic heterocycles. The molecule has 1 fully saturated rings. The van der Waals surface area contributed by atoms with E-state index in [0.717, 1.165) is 44.1 Å². The molecule has 1 saturated heterocycles. The highest BCUT2D eigenvalue weighted by Crippen LogP contribution is 2.21. The van der Waals surface area contributed by atoms with Gasteiger partial charge in [0.1, 0.15) is 5.15 Å². The predicted octanol–water partition coefficient (Wildman–Crippen LogP) is 1.61. The Morgan fingerprint density at radius 2 is 2.12 bits per heavy atom. The Labute approximate surface area is 101 Å². The maximum Gasteiger partial charge on any atom is 0.226 e. The normalized spacial score (nSPS) is 17.8. The smallest absolute Gasteiger partial charge is 0.226 e. The first-order chi connectivity index (χ1) is 7.69. The monoisotopic (exact) mass is 240 g/mol. The molecule has 0 aromatic carbocycles. The molecule has 0 atom stereocenters. The van der Waals surface area contributed by atoms with E-state index >= 15 is 0 Å². The number of rotatable bonds is 2. The van der Waals surface area contributed by atoms with Crippen LogP contribution in [0.5, 0.6) is 0 Å². The zero-order valence-corrected chi connectivity index (χ0v) is 10.2. The summed E-state index contributed by atoms with van der Waals surface area (Å²) in [6.07, 6.45) is 2.23. The van der Waals surface area contributed by atoms with Crippen molar-refractivity contribution in [1.29, 1.82) is 0 Å². The summed E-state index contributed by atoms with van der Waals surface area (Å²) in [5.41, 5.74) is 6.58. The van der Waals surface area contributed by atoms with Crippen molar-refractivity contribution in [3.63, 3.8) is 0 Å². The lowest BCUT2D eigenvalue weighted by atomic mass is 9.97. The molecule has 1 aliphatic rings. The van der Waals surface area contributed by atoms with E-state index in [1.165, 1.54) is 0 Å². The topological polar surface area (TPSA) is 55.0 Å². The van der Waals surface area contributed by atoms with Crippen molar-refractivity contribution in [2.45, 2.75) is 19.8 Å². The molecule has 0 unspecified atom stereocenters. The third-order valence-electron chi connectivity index (χ3n) is 3.04. The number of nitrogens with two attached hydrogens (primary N) is 1. The maximum absolute atomic E-state index is 5.93. The fourth-order valence-electron chi connectivity index (χ4n) is 2.03. The molecule has 2 heterocycles. The minimum absolute atomic E-state index is 0.517. The van der Waals surface area contributed by atoms with Crippen LogP contribution < -0.4 is 10.6 Å². The van der Waals surface area contributed by atoms with Gasteiger partial charge in [0.05, 0.1) is 0 Å². The number of aromatic nitrogens is 2. The number of piperidine rings is 1. The molecule has 1 aromatic heterocycles. The minimum atomic E-state index is 0.517. The second-order valence-corrected chi connectivity index (χ2v) is 4.69. The molecule has 4 nitrogen and oxygen atoms in total. The summed E-state index contributed by atoms with van der Waals surface area (Å²) in [7, 11) is 0. The highest BCUT2D eigenvalue weighted by atomic mass is 35.5. The molecule has 0 spiro atoms. The molecule has 0 bridgehead atoms. The first-order valence-corrected chi connectivity index (χ1v) is 6.03. The second kappa shape index (κ2) is 4.97. The van der Waals surface area contributed by atoms with E-state index in [-0.39, 0.29) is 0 Å². The molecular weight excluding hydrogens is 224 g/mol. The molecule has 0 aliphatic carbocycles. The minimum Gasteiger partial charge on any atom is -0.341 e. The van der Waals surface area contributed by atoms with Crippen LogP contribution in [0.15, 0.2) is 6.07 Å². The number of hydrogen-bond acceptors (Lipinski definition) is 4. The van der Waals surface area contributed by atoms with Crippen molar-refractivity contribution in [2.24, 2.45) is 11.7 Å². The molecule has 2 N–H and O–H groups in total. The molecule has 1 aromatic rings. The highest BCUT2D eigenvalue weighted by Gasteiger charge is 2.20. The van der Waals surface area contributed by atoms with Gasteiger partial charge >= 0.3 is 0 Å². The summed E-state index contributed by atoms with van der Waals surface area (Å²) >= 11 is 5.93. The summed E-state index contributed by atoms with van der Waals surface area (Å²) in [6.45, 7) is 4.66. The summed E-state index contributed by atoms with van der Waals surface area (Å²) in [6, 6.07) is 1.78. The van der Waals surface area contributed by atoms with Gasteiger partial charge in [-0.2, -0.15) is 0 Å². The van der Waals surface area contributed by atoms with Crippen LogP contribution in [0.1, 0.15) is 18.5 Å². The standard InChI is InChI=1S/C11H17ClN4/c1-8-6-10(12)15-11(14-8)16-4-2-9(7-13)3-5-16/h6,9H,2-5,7,13H2,1H3. The van der Waals surface area contributed by atoms with Gasteiger partial charge in [-0.15, -0.1) is 0 Å². The van der Waals surface area contributed by atoms with Gasteiger partial charge in [0, 0.05) is 18.8 Å². The number of anilines is 1. The lowest BCUT2D eigenvalue weighted by molar-refractivity contribution is 0.411. The molecule has 0 saturated carbocycles. The van der Waals surface area contributed by atoms with Crippen LogP contribution in [0, 0.1) is 12.8 Å². The zero-order valence-electron chi connectivity index (χ0n) is 9.49. The molecule has 88 valence electrons. The summed E-state index contributed by atoms with van der Waals surface area (Å²) in [5.74, 6) is 1.40. The van der Waals surface area contributed by atoms with Crippen molar-refractivity contribution < 1.29 is 0 Å². The Morgan fingerprint density at radius 3 is 2.69 bits per heavy atom. The Bertz CT molecular complexity index is 341. The van der Waals surface area contributed by atoms with E-state index in [9.17, 15) is 0 Å². The number of aryl methyl sites for hydroxylation is 1. The lowest BCUT2D eigenvalue weighted by Gasteiger charge is -2.31. The van der Waals surface area contributed by atoms with Gasteiger partial charge in [0.15, 0.2) is 0 Å². The third-order valence-corrected chi connectivity index (χ3v) is 3.24. The highest BCUT2D eigenvalue weighted by molar-refractivity contribution is 6.29. The Kier molecular flexibility index (Phi) is 3.61. The van der Waals surface area contributed by atoms with Gasteiger partial charge in [0.25, 0.3) is 0 Å². The van der Waals surface area contributed by atoms with Crippen LogP contribution in [0.25, 0.3) is 0 Å². The van der Waals surface area contributed by atoms with E-state index in [1.807, 2.05) is 6.92 Å². The van der Waals surface area contributed by atoms with Gasteiger partial charge in [-0.25, -0.2) is 9.97 Å². The van der Waals surface area contributed by atoms with Crippen molar-refractivity contribution in [3.05, 3.63) is 16.9 Å².